The molecule has 0 saturated heterocycles. The second-order valence-electron chi connectivity index (χ2n) is 14.1. The van der Waals surface area contributed by atoms with E-state index in [2.05, 4.69) is 17.4 Å². The first-order valence-electron chi connectivity index (χ1n) is 16.5. The van der Waals surface area contributed by atoms with Gasteiger partial charge < -0.3 is 10.2 Å². The van der Waals surface area contributed by atoms with Crippen LogP contribution in [0.1, 0.15) is 88.7 Å². The Hall–Kier alpha value is -2.94. The maximum absolute atomic E-state index is 14.0. The third-order valence-corrected chi connectivity index (χ3v) is 12.0. The molecular formula is C35H46FN3O4S. The number of nitrogens with one attached hydrogen (secondary N) is 1. The first-order chi connectivity index (χ1) is 21.0. The molecule has 9 heteroatoms. The molecule has 5 aliphatic carbocycles. The molecule has 0 aromatic heterocycles. The molecule has 2 aromatic carbocycles. The van der Waals surface area contributed by atoms with Gasteiger partial charge in [-0.15, -0.1) is 0 Å². The van der Waals surface area contributed by atoms with Crippen molar-refractivity contribution >= 4 is 27.5 Å². The maximum atomic E-state index is 14.0. The maximum Gasteiger partial charge on any atom is 0.244 e. The Morgan fingerprint density at radius 2 is 1.50 bits per heavy atom. The molecule has 44 heavy (non-hydrogen) atoms. The summed E-state index contributed by atoms with van der Waals surface area (Å²) < 4.78 is 41.1. The van der Waals surface area contributed by atoms with Crippen molar-refractivity contribution in [2.75, 3.05) is 17.1 Å². The van der Waals surface area contributed by atoms with E-state index in [1.54, 1.807) is 12.1 Å². The third-order valence-electron chi connectivity index (χ3n) is 10.8. The highest BCUT2D eigenvalue weighted by molar-refractivity contribution is 7.92. The molecule has 5 saturated carbocycles. The Labute approximate surface area is 261 Å². The largest absolute Gasteiger partial charge is 0.352 e. The zero-order valence-corrected chi connectivity index (χ0v) is 26.8. The molecule has 2 aromatic rings. The Kier molecular flexibility index (Phi) is 8.79. The molecular weight excluding hydrogens is 577 g/mol. The predicted octanol–water partition coefficient (Wildman–Crippen LogP) is 5.93. The van der Waals surface area contributed by atoms with E-state index in [1.165, 1.54) is 61.1 Å². The zero-order valence-electron chi connectivity index (χ0n) is 26.0. The SMILES string of the molecule is CC[C@@H](C(=O)NC1CCCC1)N(Cc1ccc(F)cc1)C(=O)CN(c1ccc(C23CC4CC(CC(C4)C2)C3)cc1)S(C)(=O)=O. The van der Waals surface area contributed by atoms with Crippen LogP contribution in [0.15, 0.2) is 48.5 Å². The zero-order chi connectivity index (χ0) is 31.1. The van der Waals surface area contributed by atoms with Crippen molar-refractivity contribution in [3.8, 4) is 0 Å². The molecule has 1 N–H and O–H groups in total. The number of anilines is 1. The standard InChI is InChI=1S/C35H46FN3O4S/c1-3-32(34(41)37-30-6-4-5-7-30)38(22-24-8-12-29(36)13-9-24)33(40)23-39(44(2,42)43)31-14-10-28(11-15-31)35-19-25-16-26(20-35)18-27(17-25)21-35/h8-15,25-27,30,32H,3-7,16-23H2,1-2H3,(H,37,41)/t25?,26?,27?,32-,35?/m0/s1. The summed E-state index contributed by atoms with van der Waals surface area (Å²) in [5.74, 6) is 1.30. The normalized spacial score (nSPS) is 26.8. The van der Waals surface area contributed by atoms with Gasteiger partial charge in [0.2, 0.25) is 21.8 Å². The molecule has 0 spiro atoms. The Bertz CT molecular complexity index is 1420. The minimum Gasteiger partial charge on any atom is -0.352 e. The quantitative estimate of drug-likeness (QED) is 0.337. The van der Waals surface area contributed by atoms with E-state index in [0.29, 0.717) is 17.7 Å². The van der Waals surface area contributed by atoms with Gasteiger partial charge in [-0.1, -0.05) is 44.0 Å². The summed E-state index contributed by atoms with van der Waals surface area (Å²) in [6, 6.07) is 13.0. The minimum absolute atomic E-state index is 0.0677. The van der Waals surface area contributed by atoms with E-state index in [4.69, 9.17) is 0 Å². The molecule has 0 heterocycles. The molecule has 7 rings (SSSR count). The Balaban J connectivity index is 1.24. The molecule has 1 atom stereocenters. The number of sulfonamides is 1. The summed E-state index contributed by atoms with van der Waals surface area (Å²) in [5, 5.41) is 3.11. The lowest BCUT2D eigenvalue weighted by Crippen LogP contribution is -2.53. The van der Waals surface area contributed by atoms with E-state index in [0.717, 1.165) is 54.0 Å². The van der Waals surface area contributed by atoms with E-state index in [9.17, 15) is 22.4 Å². The van der Waals surface area contributed by atoms with Gasteiger partial charge in [-0.2, -0.15) is 0 Å². The fourth-order valence-corrected chi connectivity index (χ4v) is 9.98. The van der Waals surface area contributed by atoms with E-state index >= 15 is 0 Å². The Morgan fingerprint density at radius 3 is 2.02 bits per heavy atom. The third kappa shape index (κ3) is 6.53. The molecule has 0 unspecified atom stereocenters. The second-order valence-corrected chi connectivity index (χ2v) is 16.0. The fourth-order valence-electron chi connectivity index (χ4n) is 9.13. The predicted molar refractivity (Wildman–Crippen MR) is 170 cm³/mol. The van der Waals surface area contributed by atoms with Gasteiger partial charge in [0.25, 0.3) is 0 Å². The van der Waals surface area contributed by atoms with Crippen LogP contribution in [0.3, 0.4) is 0 Å². The number of nitrogens with zero attached hydrogens (tertiary/aromatic N) is 2. The summed E-state index contributed by atoms with van der Waals surface area (Å²) in [5.41, 5.74) is 2.58. The lowest BCUT2D eigenvalue weighted by Gasteiger charge is -2.57. The van der Waals surface area contributed by atoms with Gasteiger partial charge in [0.1, 0.15) is 18.4 Å². The van der Waals surface area contributed by atoms with Gasteiger partial charge in [0.05, 0.1) is 11.9 Å². The highest BCUT2D eigenvalue weighted by atomic mass is 32.2. The van der Waals surface area contributed by atoms with Crippen LogP contribution in [0.2, 0.25) is 0 Å². The van der Waals surface area contributed by atoms with Crippen LogP contribution in [-0.4, -0.2) is 50.0 Å². The minimum atomic E-state index is -3.82. The molecule has 4 bridgehead atoms. The number of hydrogen-bond donors (Lipinski definition) is 1. The van der Waals surface area contributed by atoms with Crippen molar-refractivity contribution in [2.45, 2.75) is 102 Å². The van der Waals surface area contributed by atoms with Gasteiger partial charge in [0, 0.05) is 12.6 Å². The molecule has 0 radical (unpaired) electrons. The average Bonchev–Trinajstić information content (AvgIpc) is 3.48. The van der Waals surface area contributed by atoms with Gasteiger partial charge in [-0.3, -0.25) is 13.9 Å². The van der Waals surface area contributed by atoms with Crippen molar-refractivity contribution < 1.29 is 22.4 Å². The lowest BCUT2D eigenvalue weighted by atomic mass is 9.48. The highest BCUT2D eigenvalue weighted by Gasteiger charge is 2.51. The molecule has 5 aliphatic rings. The number of amides is 2. The molecule has 238 valence electrons. The van der Waals surface area contributed by atoms with Crippen LogP contribution < -0.4 is 9.62 Å². The lowest BCUT2D eigenvalue weighted by molar-refractivity contribution is -0.140. The Morgan fingerprint density at radius 1 is 0.932 bits per heavy atom. The van der Waals surface area contributed by atoms with Crippen molar-refractivity contribution in [3.63, 3.8) is 0 Å². The summed E-state index contributed by atoms with van der Waals surface area (Å²) in [6.45, 7) is 1.49. The van der Waals surface area contributed by atoms with Crippen molar-refractivity contribution in [1.29, 1.82) is 0 Å². The van der Waals surface area contributed by atoms with Gasteiger partial charge in [-0.05, 0) is 116 Å². The van der Waals surface area contributed by atoms with E-state index in [1.807, 2.05) is 19.1 Å². The monoisotopic (exact) mass is 623 g/mol. The topological polar surface area (TPSA) is 86.8 Å². The summed E-state index contributed by atoms with van der Waals surface area (Å²) >= 11 is 0. The van der Waals surface area contributed by atoms with Gasteiger partial charge >= 0.3 is 0 Å². The summed E-state index contributed by atoms with van der Waals surface area (Å²) in [6.07, 6.45) is 13.1. The van der Waals surface area contributed by atoms with Crippen LogP contribution in [0.5, 0.6) is 0 Å². The highest BCUT2D eigenvalue weighted by Crippen LogP contribution is 2.60. The number of halogens is 1. The number of carbonyl (C=O) groups excluding carboxylic acids is 2. The smallest absolute Gasteiger partial charge is 0.244 e. The molecule has 7 nitrogen and oxygen atoms in total. The first-order valence-corrected chi connectivity index (χ1v) is 18.3. The van der Waals surface area contributed by atoms with E-state index < -0.39 is 34.3 Å². The molecule has 2 amide bonds. The first kappa shape index (κ1) is 31.1. The number of carbonyl (C=O) groups is 2. The number of rotatable bonds is 11. The average molecular weight is 624 g/mol. The van der Waals surface area contributed by atoms with Crippen LogP contribution in [0.25, 0.3) is 0 Å². The van der Waals surface area contributed by atoms with Crippen LogP contribution in [0.4, 0.5) is 10.1 Å². The van der Waals surface area contributed by atoms with Crippen molar-refractivity contribution in [1.82, 2.24) is 10.2 Å². The summed E-state index contributed by atoms with van der Waals surface area (Å²) in [4.78, 5) is 29.0. The van der Waals surface area contributed by atoms with E-state index in [-0.39, 0.29) is 23.9 Å². The summed E-state index contributed by atoms with van der Waals surface area (Å²) in [7, 11) is -3.82. The second kappa shape index (κ2) is 12.5. The van der Waals surface area contributed by atoms with Gasteiger partial charge in [0.15, 0.2) is 0 Å². The van der Waals surface area contributed by atoms with Crippen LogP contribution in [0, 0.1) is 23.6 Å². The van der Waals surface area contributed by atoms with Gasteiger partial charge in [-0.25, -0.2) is 12.8 Å². The van der Waals surface area contributed by atoms with Crippen molar-refractivity contribution in [3.05, 3.63) is 65.5 Å². The number of benzene rings is 2. The fraction of sp³-hybridized carbons (Fsp3) is 0.600. The van der Waals surface area contributed by atoms with Crippen LogP contribution in [-0.2, 0) is 31.6 Å². The van der Waals surface area contributed by atoms with Crippen LogP contribution >= 0.6 is 0 Å². The molecule has 5 fully saturated rings. The molecule has 0 aliphatic heterocycles. The van der Waals surface area contributed by atoms with Crippen molar-refractivity contribution in [2.24, 2.45) is 17.8 Å². The number of hydrogen-bond acceptors (Lipinski definition) is 4.